The second-order valence-electron chi connectivity index (χ2n) is 6.91. The van der Waals surface area contributed by atoms with Crippen molar-refractivity contribution >= 4 is 0 Å². The highest BCUT2D eigenvalue weighted by Gasteiger charge is 2.24. The molecule has 1 aromatic heterocycles. The summed E-state index contributed by atoms with van der Waals surface area (Å²) in [6, 6.07) is 19.4. The second kappa shape index (κ2) is 6.85. The molecular weight excluding hydrogens is 308 g/mol. The van der Waals surface area contributed by atoms with Gasteiger partial charge in [0.25, 0.3) is 0 Å². The maximum Gasteiger partial charge on any atom is 0.226 e. The third-order valence-corrected chi connectivity index (χ3v) is 5.18. The molecule has 2 aromatic carbocycles. The lowest BCUT2D eigenvalue weighted by Gasteiger charge is -2.33. The number of nitrogens with zero attached hydrogens (tertiary/aromatic N) is 2. The molecule has 0 radical (unpaired) electrons. The molecule has 0 amide bonds. The highest BCUT2D eigenvalue weighted by atomic mass is 16.4. The van der Waals surface area contributed by atoms with Gasteiger partial charge in [0.2, 0.25) is 5.89 Å². The van der Waals surface area contributed by atoms with Crippen molar-refractivity contribution in [1.29, 1.82) is 0 Å². The van der Waals surface area contributed by atoms with Crippen LogP contribution in [0.3, 0.4) is 0 Å². The van der Waals surface area contributed by atoms with E-state index in [1.165, 1.54) is 30.4 Å². The van der Waals surface area contributed by atoms with E-state index < -0.39 is 0 Å². The van der Waals surface area contributed by atoms with Crippen molar-refractivity contribution in [3.05, 3.63) is 77.2 Å². The lowest BCUT2D eigenvalue weighted by molar-refractivity contribution is 0.210. The van der Waals surface area contributed by atoms with Gasteiger partial charge in [0.05, 0.1) is 5.69 Å². The molecular formula is C22H24N2O. The van der Waals surface area contributed by atoms with Crippen molar-refractivity contribution in [1.82, 2.24) is 9.88 Å². The van der Waals surface area contributed by atoms with E-state index in [0.29, 0.717) is 11.9 Å². The molecule has 0 N–H and O–H groups in total. The molecule has 0 saturated carbocycles. The van der Waals surface area contributed by atoms with Crippen LogP contribution in [0.5, 0.6) is 0 Å². The number of aryl methyl sites for hydroxylation is 2. The minimum atomic E-state index is 0.459. The molecule has 1 aliphatic rings. The number of aromatic nitrogens is 1. The highest BCUT2D eigenvalue weighted by Crippen LogP contribution is 2.34. The Bertz CT molecular complexity index is 853. The van der Waals surface area contributed by atoms with Crippen molar-refractivity contribution < 1.29 is 4.42 Å². The van der Waals surface area contributed by atoms with Crippen LogP contribution in [-0.4, -0.2) is 16.9 Å². The molecule has 3 aromatic rings. The Labute approximate surface area is 149 Å². The van der Waals surface area contributed by atoms with Crippen molar-refractivity contribution in [2.24, 2.45) is 0 Å². The van der Waals surface area contributed by atoms with Gasteiger partial charge in [-0.2, -0.15) is 0 Å². The molecule has 1 aliphatic carbocycles. The molecule has 1 heterocycles. The summed E-state index contributed by atoms with van der Waals surface area (Å²) in [4.78, 5) is 7.18. The zero-order valence-corrected chi connectivity index (χ0v) is 14.9. The van der Waals surface area contributed by atoms with Crippen molar-refractivity contribution in [3.8, 4) is 11.5 Å². The molecule has 3 nitrogen and oxygen atoms in total. The van der Waals surface area contributed by atoms with Crippen molar-refractivity contribution in [3.63, 3.8) is 0 Å². The first-order valence-corrected chi connectivity index (χ1v) is 9.02. The molecule has 0 saturated heterocycles. The van der Waals surface area contributed by atoms with E-state index in [4.69, 9.17) is 9.40 Å². The smallest absolute Gasteiger partial charge is 0.226 e. The molecule has 25 heavy (non-hydrogen) atoms. The summed E-state index contributed by atoms with van der Waals surface area (Å²) in [7, 11) is 2.20. The predicted molar refractivity (Wildman–Crippen MR) is 100 cm³/mol. The van der Waals surface area contributed by atoms with Gasteiger partial charge in [-0.05, 0) is 56.5 Å². The molecule has 3 heteroatoms. The van der Waals surface area contributed by atoms with Crippen LogP contribution in [0.15, 0.2) is 59.0 Å². The molecule has 1 unspecified atom stereocenters. The van der Waals surface area contributed by atoms with E-state index in [-0.39, 0.29) is 0 Å². The fourth-order valence-electron chi connectivity index (χ4n) is 3.81. The maximum atomic E-state index is 5.92. The Kier molecular flexibility index (Phi) is 4.41. The lowest BCUT2D eigenvalue weighted by Crippen LogP contribution is -2.27. The summed E-state index contributed by atoms with van der Waals surface area (Å²) >= 11 is 0. The summed E-state index contributed by atoms with van der Waals surface area (Å²) in [6.07, 6.45) is 3.65. The first-order valence-electron chi connectivity index (χ1n) is 9.02. The van der Waals surface area contributed by atoms with Gasteiger partial charge in [0.1, 0.15) is 5.76 Å². The van der Waals surface area contributed by atoms with Crippen LogP contribution in [0, 0.1) is 6.92 Å². The fraction of sp³-hybridized carbons (Fsp3) is 0.318. The minimum Gasteiger partial charge on any atom is -0.441 e. The summed E-state index contributed by atoms with van der Waals surface area (Å²) in [6.45, 7) is 2.82. The van der Waals surface area contributed by atoms with Crippen LogP contribution in [0.4, 0.5) is 0 Å². The number of hydrogen-bond donors (Lipinski definition) is 0. The standard InChI is InChI=1S/C22H24N2O/c1-16-20(23-22(25-16)18-10-4-3-5-11-18)15-24(2)21-14-8-12-17-9-6-7-13-19(17)21/h3-7,9-11,13,21H,8,12,14-15H2,1-2H3. The zero-order chi connectivity index (χ0) is 17.2. The van der Waals surface area contributed by atoms with Gasteiger partial charge >= 0.3 is 0 Å². The summed E-state index contributed by atoms with van der Waals surface area (Å²) in [5, 5.41) is 0. The highest BCUT2D eigenvalue weighted by molar-refractivity contribution is 5.53. The maximum absolute atomic E-state index is 5.92. The summed E-state index contributed by atoms with van der Waals surface area (Å²) in [5.74, 6) is 1.63. The van der Waals surface area contributed by atoms with Gasteiger partial charge in [0, 0.05) is 18.2 Å². The average molecular weight is 332 g/mol. The summed E-state index contributed by atoms with van der Waals surface area (Å²) < 4.78 is 5.92. The number of fused-ring (bicyclic) bond motifs is 1. The van der Waals surface area contributed by atoms with E-state index in [1.807, 2.05) is 37.3 Å². The number of hydrogen-bond acceptors (Lipinski definition) is 3. The van der Waals surface area contributed by atoms with Gasteiger partial charge in [-0.15, -0.1) is 0 Å². The van der Waals surface area contributed by atoms with E-state index in [1.54, 1.807) is 0 Å². The van der Waals surface area contributed by atoms with Crippen molar-refractivity contribution in [2.45, 2.75) is 38.8 Å². The molecule has 0 bridgehead atoms. The average Bonchev–Trinajstić information content (AvgIpc) is 3.02. The lowest BCUT2D eigenvalue weighted by atomic mass is 9.87. The minimum absolute atomic E-state index is 0.459. The van der Waals surface area contributed by atoms with Crippen LogP contribution in [-0.2, 0) is 13.0 Å². The zero-order valence-electron chi connectivity index (χ0n) is 14.9. The number of benzene rings is 2. The largest absolute Gasteiger partial charge is 0.441 e. The predicted octanol–water partition coefficient (Wildman–Crippen LogP) is 5.16. The van der Waals surface area contributed by atoms with Gasteiger partial charge in [-0.1, -0.05) is 42.5 Å². The Hall–Kier alpha value is -2.39. The van der Waals surface area contributed by atoms with Gasteiger partial charge in [0.15, 0.2) is 0 Å². The van der Waals surface area contributed by atoms with Crippen LogP contribution in [0.2, 0.25) is 0 Å². The molecule has 128 valence electrons. The van der Waals surface area contributed by atoms with E-state index >= 15 is 0 Å². The van der Waals surface area contributed by atoms with Gasteiger partial charge in [-0.3, -0.25) is 4.90 Å². The van der Waals surface area contributed by atoms with E-state index in [0.717, 1.165) is 23.6 Å². The SMILES string of the molecule is Cc1oc(-c2ccccc2)nc1CN(C)C1CCCc2ccccc21. The molecule has 0 spiro atoms. The first kappa shape index (κ1) is 16.1. The molecule has 1 atom stereocenters. The summed E-state index contributed by atoms with van der Waals surface area (Å²) in [5.41, 5.74) is 5.03. The topological polar surface area (TPSA) is 29.3 Å². The molecule has 4 rings (SSSR count). The fourth-order valence-corrected chi connectivity index (χ4v) is 3.81. The second-order valence-corrected chi connectivity index (χ2v) is 6.91. The van der Waals surface area contributed by atoms with Crippen LogP contribution < -0.4 is 0 Å². The van der Waals surface area contributed by atoms with Crippen LogP contribution in [0.25, 0.3) is 11.5 Å². The van der Waals surface area contributed by atoms with E-state index in [2.05, 4.69) is 36.2 Å². The third kappa shape index (κ3) is 3.24. The van der Waals surface area contributed by atoms with Crippen LogP contribution >= 0.6 is 0 Å². The third-order valence-electron chi connectivity index (χ3n) is 5.18. The normalized spacial score (nSPS) is 16.8. The quantitative estimate of drug-likeness (QED) is 0.661. The Morgan fingerprint density at radius 2 is 1.84 bits per heavy atom. The van der Waals surface area contributed by atoms with Crippen LogP contribution in [0.1, 0.15) is 41.5 Å². The van der Waals surface area contributed by atoms with Crippen molar-refractivity contribution in [2.75, 3.05) is 7.05 Å². The van der Waals surface area contributed by atoms with Gasteiger partial charge in [-0.25, -0.2) is 4.98 Å². The van der Waals surface area contributed by atoms with E-state index in [9.17, 15) is 0 Å². The Morgan fingerprint density at radius 1 is 1.08 bits per heavy atom. The number of oxazole rings is 1. The first-order chi connectivity index (χ1) is 12.2. The monoisotopic (exact) mass is 332 g/mol. The Balaban J connectivity index is 1.56. The van der Waals surface area contributed by atoms with Gasteiger partial charge < -0.3 is 4.42 Å². The Morgan fingerprint density at radius 3 is 2.68 bits per heavy atom. The number of rotatable bonds is 4. The molecule has 0 aliphatic heterocycles. The molecule has 0 fully saturated rings.